The second kappa shape index (κ2) is 4.50. The molecule has 1 rings (SSSR count). The lowest BCUT2D eigenvalue weighted by molar-refractivity contribution is 0.430. The van der Waals surface area contributed by atoms with Crippen LogP contribution < -0.4 is 5.73 Å². The first-order chi connectivity index (χ1) is 5.16. The van der Waals surface area contributed by atoms with Crippen LogP contribution in [0.5, 0.6) is 0 Å². The average molecular weight is 156 g/mol. The molecule has 1 unspecified atom stereocenters. The summed E-state index contributed by atoms with van der Waals surface area (Å²) in [6.07, 6.45) is 3.09. The largest absolute Gasteiger partial charge is 0.307 e. The lowest BCUT2D eigenvalue weighted by Crippen LogP contribution is -2.33. The summed E-state index contributed by atoms with van der Waals surface area (Å²) < 4.78 is 0. The smallest absolute Gasteiger partial charge is 0.108 e. The number of rotatable bonds is 1. The summed E-state index contributed by atoms with van der Waals surface area (Å²) in [6, 6.07) is 0. The van der Waals surface area contributed by atoms with Gasteiger partial charge in [-0.2, -0.15) is 0 Å². The highest BCUT2D eigenvalue weighted by molar-refractivity contribution is 5.84. The van der Waals surface area contributed by atoms with Crippen molar-refractivity contribution >= 4 is 5.71 Å². The fraction of sp³-hybridized carbons (Fsp3) is 0.889. The van der Waals surface area contributed by atoms with E-state index in [4.69, 9.17) is 5.73 Å². The molecule has 1 heterocycles. The number of hydrogen-bond donors (Lipinski definition) is 1. The first-order valence-corrected chi connectivity index (χ1v) is 4.50. The third-order valence-electron chi connectivity index (χ3n) is 1.95. The molecule has 0 fully saturated rings. The molecule has 0 bridgehead atoms. The summed E-state index contributed by atoms with van der Waals surface area (Å²) in [5.74, 6) is 0. The molecular formula is C9H20N2. The van der Waals surface area contributed by atoms with Crippen molar-refractivity contribution in [2.45, 2.75) is 52.6 Å². The highest BCUT2D eigenvalue weighted by Crippen LogP contribution is 2.22. The van der Waals surface area contributed by atoms with Gasteiger partial charge in [0.05, 0.1) is 0 Å². The van der Waals surface area contributed by atoms with Crippen molar-refractivity contribution in [1.82, 2.24) is 0 Å². The molecule has 1 atom stereocenters. The molecule has 0 aromatic rings. The van der Waals surface area contributed by atoms with E-state index in [1.807, 2.05) is 20.8 Å². The molecule has 0 amide bonds. The van der Waals surface area contributed by atoms with Crippen LogP contribution in [-0.4, -0.2) is 11.4 Å². The standard InChI is InChI=1S/C7H14N2.C2H6/c1-3-7(8)5-4-6(2)9-7;1-2/h3-5,8H2,1-2H3;1-2H3. The van der Waals surface area contributed by atoms with Crippen molar-refractivity contribution in [3.63, 3.8) is 0 Å². The van der Waals surface area contributed by atoms with E-state index in [0.717, 1.165) is 19.3 Å². The Balaban J connectivity index is 0.000000461. The molecule has 1 aliphatic heterocycles. The number of nitrogens with two attached hydrogens (primary N) is 1. The maximum absolute atomic E-state index is 5.86. The van der Waals surface area contributed by atoms with Crippen LogP contribution >= 0.6 is 0 Å². The summed E-state index contributed by atoms with van der Waals surface area (Å²) in [5, 5.41) is 0. The Kier molecular flexibility index (Phi) is 4.34. The molecule has 2 N–H and O–H groups in total. The molecule has 0 aromatic heterocycles. The van der Waals surface area contributed by atoms with E-state index >= 15 is 0 Å². The monoisotopic (exact) mass is 156 g/mol. The Morgan fingerprint density at radius 3 is 2.27 bits per heavy atom. The zero-order valence-electron chi connectivity index (χ0n) is 8.15. The van der Waals surface area contributed by atoms with Crippen LogP contribution in [0.15, 0.2) is 4.99 Å². The fourth-order valence-corrected chi connectivity index (χ4v) is 1.15. The summed E-state index contributed by atoms with van der Waals surface area (Å²) >= 11 is 0. The SMILES string of the molecule is CC.CCC1(N)CCC(C)=N1. The lowest BCUT2D eigenvalue weighted by Gasteiger charge is -2.16. The molecule has 2 heteroatoms. The highest BCUT2D eigenvalue weighted by Gasteiger charge is 2.25. The second-order valence-corrected chi connectivity index (χ2v) is 2.80. The predicted octanol–water partition coefficient (Wildman–Crippen LogP) is 2.33. The van der Waals surface area contributed by atoms with E-state index in [1.165, 1.54) is 5.71 Å². The van der Waals surface area contributed by atoms with Gasteiger partial charge in [0.25, 0.3) is 0 Å². The zero-order chi connectivity index (χ0) is 8.91. The van der Waals surface area contributed by atoms with Crippen LogP contribution in [-0.2, 0) is 0 Å². The van der Waals surface area contributed by atoms with Gasteiger partial charge in [-0.05, 0) is 26.2 Å². The molecule has 2 nitrogen and oxygen atoms in total. The maximum atomic E-state index is 5.86. The molecule has 0 aromatic carbocycles. The minimum absolute atomic E-state index is 0.204. The van der Waals surface area contributed by atoms with Gasteiger partial charge in [-0.1, -0.05) is 20.8 Å². The number of hydrogen-bond acceptors (Lipinski definition) is 2. The highest BCUT2D eigenvalue weighted by atomic mass is 15.0. The van der Waals surface area contributed by atoms with Crippen LogP contribution in [0, 0.1) is 0 Å². The lowest BCUT2D eigenvalue weighted by atomic mass is 10.1. The van der Waals surface area contributed by atoms with E-state index in [9.17, 15) is 0 Å². The summed E-state index contributed by atoms with van der Waals surface area (Å²) in [6.45, 7) is 8.13. The minimum atomic E-state index is -0.204. The topological polar surface area (TPSA) is 38.4 Å². The summed E-state index contributed by atoms with van der Waals surface area (Å²) in [4.78, 5) is 4.33. The Labute approximate surface area is 69.9 Å². The molecular weight excluding hydrogens is 136 g/mol. The van der Waals surface area contributed by atoms with Gasteiger partial charge in [-0.3, -0.25) is 4.99 Å². The molecule has 0 radical (unpaired) electrons. The van der Waals surface area contributed by atoms with Gasteiger partial charge in [0, 0.05) is 5.71 Å². The van der Waals surface area contributed by atoms with E-state index in [1.54, 1.807) is 0 Å². The molecule has 66 valence electrons. The summed E-state index contributed by atoms with van der Waals surface area (Å²) in [5.41, 5.74) is 6.86. The molecule has 1 aliphatic rings. The van der Waals surface area contributed by atoms with Crippen LogP contribution in [0.4, 0.5) is 0 Å². The second-order valence-electron chi connectivity index (χ2n) is 2.80. The molecule has 0 spiro atoms. The van der Waals surface area contributed by atoms with E-state index in [-0.39, 0.29) is 5.66 Å². The van der Waals surface area contributed by atoms with Gasteiger partial charge in [0.2, 0.25) is 0 Å². The van der Waals surface area contributed by atoms with Gasteiger partial charge in [-0.25, -0.2) is 0 Å². The zero-order valence-corrected chi connectivity index (χ0v) is 8.15. The van der Waals surface area contributed by atoms with Crippen molar-refractivity contribution in [3.05, 3.63) is 0 Å². The fourth-order valence-electron chi connectivity index (χ4n) is 1.15. The molecule has 0 saturated carbocycles. The summed E-state index contributed by atoms with van der Waals surface area (Å²) in [7, 11) is 0. The van der Waals surface area contributed by atoms with Gasteiger partial charge in [-0.15, -0.1) is 0 Å². The van der Waals surface area contributed by atoms with E-state index < -0.39 is 0 Å². The van der Waals surface area contributed by atoms with Crippen molar-refractivity contribution in [2.75, 3.05) is 0 Å². The van der Waals surface area contributed by atoms with Gasteiger partial charge in [0.15, 0.2) is 0 Å². The average Bonchev–Trinajstić information content (AvgIpc) is 2.37. The van der Waals surface area contributed by atoms with Gasteiger partial charge >= 0.3 is 0 Å². The first-order valence-electron chi connectivity index (χ1n) is 4.50. The van der Waals surface area contributed by atoms with Crippen molar-refractivity contribution < 1.29 is 0 Å². The van der Waals surface area contributed by atoms with E-state index in [0.29, 0.717) is 0 Å². The third-order valence-corrected chi connectivity index (χ3v) is 1.95. The van der Waals surface area contributed by atoms with Crippen molar-refractivity contribution in [1.29, 1.82) is 0 Å². The van der Waals surface area contributed by atoms with E-state index in [2.05, 4.69) is 11.9 Å². The Hall–Kier alpha value is -0.370. The van der Waals surface area contributed by atoms with Crippen LogP contribution in [0.2, 0.25) is 0 Å². The van der Waals surface area contributed by atoms with Gasteiger partial charge in [0.1, 0.15) is 5.66 Å². The number of nitrogens with zero attached hydrogens (tertiary/aromatic N) is 1. The minimum Gasteiger partial charge on any atom is -0.307 e. The Bertz CT molecular complexity index is 140. The molecule has 0 saturated heterocycles. The van der Waals surface area contributed by atoms with Crippen LogP contribution in [0.1, 0.15) is 47.0 Å². The van der Waals surface area contributed by atoms with Crippen LogP contribution in [0.3, 0.4) is 0 Å². The van der Waals surface area contributed by atoms with Crippen molar-refractivity contribution in [2.24, 2.45) is 10.7 Å². The maximum Gasteiger partial charge on any atom is 0.108 e. The third kappa shape index (κ3) is 3.02. The van der Waals surface area contributed by atoms with Gasteiger partial charge < -0.3 is 5.73 Å². The normalized spacial score (nSPS) is 29.0. The molecule has 0 aliphatic carbocycles. The molecule has 11 heavy (non-hydrogen) atoms. The Morgan fingerprint density at radius 1 is 1.55 bits per heavy atom. The van der Waals surface area contributed by atoms with Crippen LogP contribution in [0.25, 0.3) is 0 Å². The first kappa shape index (κ1) is 10.6. The Morgan fingerprint density at radius 2 is 2.09 bits per heavy atom. The predicted molar refractivity (Wildman–Crippen MR) is 50.9 cm³/mol. The number of aliphatic imine (C=N–C) groups is 1. The quantitative estimate of drug-likeness (QED) is 0.621. The van der Waals surface area contributed by atoms with Crippen molar-refractivity contribution in [3.8, 4) is 0 Å².